The summed E-state index contributed by atoms with van der Waals surface area (Å²) in [6, 6.07) is 9.55. The molecule has 14 heteroatoms. The molecule has 0 amide bonds. The van der Waals surface area contributed by atoms with Crippen molar-refractivity contribution in [2.45, 2.75) is 109 Å². The van der Waals surface area contributed by atoms with Crippen LogP contribution in [0.5, 0.6) is 0 Å². The van der Waals surface area contributed by atoms with Crippen LogP contribution in [0.4, 0.5) is 0 Å². The van der Waals surface area contributed by atoms with E-state index in [4.69, 9.17) is 14.2 Å². The Bertz CT molecular complexity index is 1640. The smallest absolute Gasteiger partial charge is 0.344 e. The molecule has 278 valence electrons. The normalized spacial score (nSPS) is 29.6. The fourth-order valence-electron chi connectivity index (χ4n) is 7.41. The van der Waals surface area contributed by atoms with Crippen molar-refractivity contribution < 1.29 is 53.8 Å². The lowest BCUT2D eigenvalue weighted by molar-refractivity contribution is -0.383. The summed E-state index contributed by atoms with van der Waals surface area (Å²) < 4.78 is 17.6. The van der Waals surface area contributed by atoms with Gasteiger partial charge in [0.25, 0.3) is 0 Å². The number of carbonyl (C=O) groups excluding carboxylic acids is 2. The maximum absolute atomic E-state index is 13.3. The number of hydrogen-bond acceptors (Lipinski definition) is 11. The average Bonchev–Trinajstić information content (AvgIpc) is 3.59. The number of carbonyl (C=O) groups is 4. The Morgan fingerprint density at radius 2 is 1.78 bits per heavy atom. The summed E-state index contributed by atoms with van der Waals surface area (Å²) in [5.74, 6) is -8.67. The lowest BCUT2D eigenvalue weighted by atomic mass is 9.74. The number of ketones is 1. The number of ether oxygens (including phenoxy) is 3. The van der Waals surface area contributed by atoms with Crippen LogP contribution in [0.1, 0.15) is 83.6 Å². The highest BCUT2D eigenvalue weighted by atomic mass is 16.8. The Labute approximate surface area is 296 Å². The highest BCUT2D eigenvalue weighted by Crippen LogP contribution is 2.59. The monoisotopic (exact) mass is 711 g/mol. The summed E-state index contributed by atoms with van der Waals surface area (Å²) >= 11 is 0. The van der Waals surface area contributed by atoms with Crippen LogP contribution in [0.3, 0.4) is 0 Å². The number of benzene rings is 1. The Hall–Kier alpha value is -4.24. The molecular formula is C37H49N3O11. The van der Waals surface area contributed by atoms with Gasteiger partial charge in [-0.15, -0.1) is 0 Å². The highest BCUT2D eigenvalue weighted by molar-refractivity contribution is 5.94. The highest BCUT2D eigenvalue weighted by Gasteiger charge is 2.85. The van der Waals surface area contributed by atoms with Gasteiger partial charge in [0.1, 0.15) is 17.7 Å². The molecule has 4 rings (SSSR count). The fraction of sp³-hybridized carbons (Fsp3) is 0.568. The molecule has 5 N–H and O–H groups in total. The number of fused-ring (bicyclic) bond motifs is 2. The number of aryl methyl sites for hydroxylation is 1. The van der Waals surface area contributed by atoms with Gasteiger partial charge in [-0.2, -0.15) is 5.10 Å². The van der Waals surface area contributed by atoms with Crippen LogP contribution in [0.25, 0.3) is 0 Å². The number of aromatic amines is 1. The number of esters is 1. The van der Waals surface area contributed by atoms with E-state index in [9.17, 15) is 39.6 Å². The van der Waals surface area contributed by atoms with Crippen LogP contribution in [-0.2, 0) is 39.8 Å². The molecule has 2 aliphatic heterocycles. The van der Waals surface area contributed by atoms with Gasteiger partial charge in [-0.25, -0.2) is 19.4 Å². The zero-order valence-corrected chi connectivity index (χ0v) is 29.9. The van der Waals surface area contributed by atoms with E-state index < -0.39 is 65.0 Å². The molecule has 2 fully saturated rings. The third-order valence-corrected chi connectivity index (χ3v) is 10.1. The van der Waals surface area contributed by atoms with E-state index in [1.165, 1.54) is 13.8 Å². The fourth-order valence-corrected chi connectivity index (χ4v) is 7.41. The van der Waals surface area contributed by atoms with Gasteiger partial charge in [-0.1, -0.05) is 82.7 Å². The maximum atomic E-state index is 13.3. The van der Waals surface area contributed by atoms with Gasteiger partial charge < -0.3 is 34.6 Å². The number of rotatable bonds is 17. The Balaban J connectivity index is 1.75. The predicted octanol–water partition coefficient (Wildman–Crippen LogP) is 3.87. The van der Waals surface area contributed by atoms with Crippen LogP contribution in [0.2, 0.25) is 0 Å². The van der Waals surface area contributed by atoms with E-state index in [2.05, 4.69) is 28.7 Å². The number of nitrogens with zero attached hydrogens (tertiary/aromatic N) is 2. The van der Waals surface area contributed by atoms with E-state index in [1.54, 1.807) is 6.08 Å². The molecule has 2 aliphatic rings. The number of Topliss-reactive ketones (excluding diaryl/α,β-unsaturated/α-hetero) is 1. The van der Waals surface area contributed by atoms with Crippen molar-refractivity contribution in [3.05, 3.63) is 71.8 Å². The van der Waals surface area contributed by atoms with Crippen molar-refractivity contribution in [3.8, 4) is 0 Å². The molecule has 1 aromatic heterocycles. The zero-order chi connectivity index (χ0) is 37.9. The molecule has 2 saturated heterocycles. The first kappa shape index (κ1) is 39.5. The molecule has 0 spiro atoms. The van der Waals surface area contributed by atoms with Crippen LogP contribution < -0.4 is 0 Å². The molecule has 2 bridgehead atoms. The van der Waals surface area contributed by atoms with Crippen LogP contribution in [0.15, 0.2) is 54.6 Å². The molecule has 0 aliphatic carbocycles. The summed E-state index contributed by atoms with van der Waals surface area (Å²) in [5.41, 5.74) is -5.42. The minimum absolute atomic E-state index is 0.0709. The first-order valence-electron chi connectivity index (χ1n) is 17.2. The summed E-state index contributed by atoms with van der Waals surface area (Å²) in [6.45, 7) is 15.0. The number of aliphatic carboxylic acids is 2. The predicted molar refractivity (Wildman–Crippen MR) is 182 cm³/mol. The van der Waals surface area contributed by atoms with Gasteiger partial charge in [-0.05, 0) is 56.4 Å². The number of nitrogens with one attached hydrogen (secondary N) is 1. The second-order valence-corrected chi connectivity index (χ2v) is 14.1. The summed E-state index contributed by atoms with van der Waals surface area (Å²) in [7, 11) is 0. The number of hydrogen-bond donors (Lipinski definition) is 5. The van der Waals surface area contributed by atoms with Gasteiger partial charge >= 0.3 is 17.9 Å². The lowest BCUT2D eigenvalue weighted by Crippen LogP contribution is -2.74. The van der Waals surface area contributed by atoms with Gasteiger partial charge in [0.05, 0.1) is 0 Å². The van der Waals surface area contributed by atoms with Crippen molar-refractivity contribution in [2.75, 3.05) is 0 Å². The Morgan fingerprint density at radius 3 is 2.33 bits per heavy atom. The molecule has 0 saturated carbocycles. The van der Waals surface area contributed by atoms with Crippen molar-refractivity contribution in [3.63, 3.8) is 0 Å². The number of aromatic nitrogens is 3. The van der Waals surface area contributed by atoms with Crippen LogP contribution in [0, 0.1) is 30.6 Å². The second-order valence-electron chi connectivity index (χ2n) is 14.1. The molecule has 3 heterocycles. The van der Waals surface area contributed by atoms with E-state index in [0.29, 0.717) is 17.9 Å². The van der Waals surface area contributed by atoms with Gasteiger partial charge in [-0.3, -0.25) is 9.89 Å². The maximum Gasteiger partial charge on any atom is 0.344 e. The largest absolute Gasteiger partial charge is 0.479 e. The standard InChI is InChI=1S/C37H49N3O11/c1-8-20(2)18-21(3)14-15-27(42)49-30-29(43)35(17-16-22(4)28(24(6)41)23(5)19-26-12-10-9-11-13-26)50-31(32-38-25(7)39-40-32)36(48,33(44)45)37(30,51-35)34(46)47/h9-15,20-21,23,28-31,43,48H,4,8,16-19H2,1-3,5-7H3,(H,44,45)(H,46,47)(H,38,39,40)/b15-14+/t20-,21+,23+,28+,29+,30+,31+,35-,36+,37-/m0/s1. The van der Waals surface area contributed by atoms with Crippen molar-refractivity contribution in [2.24, 2.45) is 23.7 Å². The second kappa shape index (κ2) is 15.6. The summed E-state index contributed by atoms with van der Waals surface area (Å²) in [6.07, 6.45) is -2.19. The topological polar surface area (TPSA) is 218 Å². The summed E-state index contributed by atoms with van der Waals surface area (Å²) in [4.78, 5) is 56.6. The van der Waals surface area contributed by atoms with Gasteiger partial charge in [0.2, 0.25) is 17.0 Å². The number of allylic oxidation sites excluding steroid dienone is 2. The molecule has 1 aromatic carbocycles. The molecule has 0 unspecified atom stereocenters. The first-order valence-corrected chi connectivity index (χ1v) is 17.2. The minimum Gasteiger partial charge on any atom is -0.479 e. The number of carboxylic acid groups (broad SMARTS) is 2. The number of carboxylic acids is 2. The quantitative estimate of drug-likeness (QED) is 0.0895. The lowest BCUT2D eigenvalue weighted by Gasteiger charge is -2.49. The molecular weight excluding hydrogens is 662 g/mol. The molecule has 51 heavy (non-hydrogen) atoms. The molecule has 10 atom stereocenters. The van der Waals surface area contributed by atoms with E-state index in [0.717, 1.165) is 24.5 Å². The van der Waals surface area contributed by atoms with Gasteiger partial charge in [0.15, 0.2) is 18.0 Å². The number of aliphatic hydroxyl groups excluding tert-OH is 1. The van der Waals surface area contributed by atoms with Crippen LogP contribution in [-0.4, -0.2) is 88.5 Å². The first-order chi connectivity index (χ1) is 23.9. The third kappa shape index (κ3) is 7.55. The number of H-pyrrole nitrogens is 1. The van der Waals surface area contributed by atoms with E-state index in [1.807, 2.05) is 51.1 Å². The van der Waals surface area contributed by atoms with Crippen molar-refractivity contribution in [1.29, 1.82) is 0 Å². The third-order valence-electron chi connectivity index (χ3n) is 10.1. The van der Waals surface area contributed by atoms with Gasteiger partial charge in [0, 0.05) is 18.4 Å². The summed E-state index contributed by atoms with van der Waals surface area (Å²) in [5, 5.41) is 51.6. The zero-order valence-electron chi connectivity index (χ0n) is 29.9. The SMILES string of the molecule is C=C(CC[C@]12O[C@H](c3n[nH]c(C)n3)[C@@](O)(C(=O)O)[C@](C(=O)O)(O1)[C@H](OC(=O)/C=C/[C@@H](C)C[C@@H](C)CC)[C@H]2O)[C@@H](C(C)=O)[C@H](C)Cc1ccccc1. The molecule has 14 nitrogen and oxygen atoms in total. The van der Waals surface area contributed by atoms with Crippen LogP contribution >= 0.6 is 0 Å². The van der Waals surface area contributed by atoms with Crippen molar-refractivity contribution in [1.82, 2.24) is 15.2 Å². The van der Waals surface area contributed by atoms with E-state index >= 15 is 0 Å². The Morgan fingerprint density at radius 1 is 1.12 bits per heavy atom. The van der Waals surface area contributed by atoms with E-state index in [-0.39, 0.29) is 36.3 Å². The molecule has 0 radical (unpaired) electrons. The van der Waals surface area contributed by atoms with Crippen molar-refractivity contribution >= 4 is 23.7 Å². The average molecular weight is 712 g/mol. The minimum atomic E-state index is -3.53. The number of aliphatic hydroxyl groups is 2. The Kier molecular flexibility index (Phi) is 12.1. The molecule has 2 aromatic rings.